The van der Waals surface area contributed by atoms with E-state index in [0.29, 0.717) is 0 Å². The van der Waals surface area contributed by atoms with Crippen LogP contribution in [0.2, 0.25) is 0 Å². The summed E-state index contributed by atoms with van der Waals surface area (Å²) in [7, 11) is 0. The van der Waals surface area contributed by atoms with E-state index in [1.807, 2.05) is 6.07 Å². The van der Waals surface area contributed by atoms with E-state index in [4.69, 9.17) is 0 Å². The molecule has 16 aromatic carbocycles. The molecular formula is C97H71BrN2. The van der Waals surface area contributed by atoms with Gasteiger partial charge in [-0.2, -0.15) is 0 Å². The third-order valence-corrected chi connectivity index (χ3v) is 23.9. The largest absolute Gasteiger partial charge is 0.356 e. The second-order valence-corrected chi connectivity index (χ2v) is 29.6. The highest BCUT2D eigenvalue weighted by Gasteiger charge is 2.56. The molecule has 0 aromatic heterocycles. The second kappa shape index (κ2) is 22.1. The van der Waals surface area contributed by atoms with Gasteiger partial charge in [-0.3, -0.25) is 0 Å². The molecule has 0 fully saturated rings. The number of hydrogen-bond acceptors (Lipinski definition) is 2. The highest BCUT2D eigenvalue weighted by molar-refractivity contribution is 9.10. The number of fused-ring (bicyclic) bond motifs is 14. The standard InChI is InChI=1S/C48H33N.C27H23N.C21H11Br.CH4/c1-47(2)38-17-7-6-15-35(38)36-26-25-34(29-43(36)47)49(33-23-21-31(22-24-33)30-11-4-3-5-12-30)44-28-27-42-46-37(44)16-10-20-41(46)48(42)39-18-8-13-32-14-9-19-40(48)45(32)39;1-27(2)25-11-7-6-10-23(25)24-17-16-22(18-26(24)27)28-21-14-12-20(13-15-21)19-8-4-3-5-9-19;22-18-11-10-17-20-13(18)6-3-9-16(20)21(17)14-7-1-4-12-5-2-8-15(21)19(12)14;/h3-29H,1-2H3;3-18,28H,1-2H3;1-11H;1H4. The van der Waals surface area contributed by atoms with Gasteiger partial charge in [0.15, 0.2) is 0 Å². The first-order valence-corrected chi connectivity index (χ1v) is 35.5. The van der Waals surface area contributed by atoms with Crippen molar-refractivity contribution in [2.75, 3.05) is 10.2 Å². The van der Waals surface area contributed by atoms with Crippen molar-refractivity contribution >= 4 is 87.5 Å². The van der Waals surface area contributed by atoms with Crippen LogP contribution in [0.1, 0.15) is 102 Å². The van der Waals surface area contributed by atoms with Gasteiger partial charge >= 0.3 is 0 Å². The normalized spacial score (nSPS) is 14.7. The SMILES string of the molecule is Brc1ccc2c3c(cccc13)C21c2cccc3cccc1c23.C.CC1(C)c2ccccc2-c2ccc(N(c3ccc(-c4ccccc4)cc3)c3ccc4c5c(cccc35)C43c4cccc5cccc3c45)cc21.CC1(C)c2ccccc2-c2ccc(Nc3ccc(-c4ccccc4)cc3)cc21. The van der Waals surface area contributed by atoms with Gasteiger partial charge in [0.1, 0.15) is 0 Å². The van der Waals surface area contributed by atoms with Crippen LogP contribution in [-0.2, 0) is 21.7 Å². The molecule has 0 unspecified atom stereocenters. The molecule has 476 valence electrons. The van der Waals surface area contributed by atoms with Gasteiger partial charge in [-0.15, -0.1) is 0 Å². The lowest BCUT2D eigenvalue weighted by atomic mass is 9.49. The Bertz CT molecular complexity index is 5980. The third kappa shape index (κ3) is 8.18. The summed E-state index contributed by atoms with van der Waals surface area (Å²) >= 11 is 3.70. The van der Waals surface area contributed by atoms with Crippen LogP contribution in [0.5, 0.6) is 0 Å². The Morgan fingerprint density at radius 1 is 0.270 bits per heavy atom. The zero-order valence-corrected chi connectivity index (χ0v) is 57.1. The number of rotatable bonds is 7. The van der Waals surface area contributed by atoms with Crippen LogP contribution < -0.4 is 10.2 Å². The van der Waals surface area contributed by atoms with E-state index in [2.05, 4.69) is 375 Å². The average molecular weight is 1340 g/mol. The molecule has 0 aliphatic heterocycles. The molecule has 0 radical (unpaired) electrons. The molecule has 16 aromatic rings. The monoisotopic (exact) mass is 1340 g/mol. The maximum absolute atomic E-state index is 3.70. The Labute approximate surface area is 593 Å². The molecule has 6 aliphatic carbocycles. The maximum Gasteiger partial charge on any atom is 0.0726 e. The van der Waals surface area contributed by atoms with Crippen molar-refractivity contribution in [1.82, 2.24) is 0 Å². The molecule has 0 heterocycles. The maximum atomic E-state index is 3.70. The zero-order valence-electron chi connectivity index (χ0n) is 55.5. The summed E-state index contributed by atoms with van der Waals surface area (Å²) in [5, 5.41) is 14.6. The Kier molecular flexibility index (Phi) is 13.2. The Morgan fingerprint density at radius 2 is 0.640 bits per heavy atom. The predicted molar refractivity (Wildman–Crippen MR) is 425 cm³/mol. The summed E-state index contributed by atoms with van der Waals surface area (Å²) < 4.78 is 1.19. The summed E-state index contributed by atoms with van der Waals surface area (Å²) in [4.78, 5) is 2.48. The average Bonchev–Trinajstić information content (AvgIpc) is 0.792. The fraction of sp³-hybridized carbons (Fsp3) is 0.0928. The Hall–Kier alpha value is -11.4. The summed E-state index contributed by atoms with van der Waals surface area (Å²) in [6.07, 6.45) is 0. The fourth-order valence-corrected chi connectivity index (χ4v) is 19.1. The van der Waals surface area contributed by atoms with Crippen molar-refractivity contribution in [2.24, 2.45) is 0 Å². The first-order valence-electron chi connectivity index (χ1n) is 34.7. The van der Waals surface area contributed by atoms with Crippen LogP contribution in [0.4, 0.5) is 28.4 Å². The molecule has 0 saturated carbocycles. The summed E-state index contributed by atoms with van der Waals surface area (Å²) in [5.74, 6) is 0. The summed E-state index contributed by atoms with van der Waals surface area (Å²) in [6, 6.07) is 120. The van der Waals surface area contributed by atoms with Gasteiger partial charge in [-0.25, -0.2) is 0 Å². The number of anilines is 5. The third-order valence-electron chi connectivity index (χ3n) is 23.2. The van der Waals surface area contributed by atoms with E-state index < -0.39 is 0 Å². The van der Waals surface area contributed by atoms with E-state index in [1.165, 1.54) is 170 Å². The molecule has 22 rings (SSSR count). The van der Waals surface area contributed by atoms with Gasteiger partial charge in [0, 0.05) is 43.4 Å². The highest BCUT2D eigenvalue weighted by atomic mass is 79.9. The Balaban J connectivity index is 0.000000115. The highest BCUT2D eigenvalue weighted by Crippen LogP contribution is 2.67. The number of halogens is 1. The summed E-state index contributed by atoms with van der Waals surface area (Å²) in [6.45, 7) is 9.36. The molecule has 0 bridgehead atoms. The van der Waals surface area contributed by atoms with E-state index in [0.717, 1.165) is 17.1 Å². The van der Waals surface area contributed by atoms with E-state index in [9.17, 15) is 0 Å². The minimum absolute atomic E-state index is 0. The van der Waals surface area contributed by atoms with Crippen LogP contribution in [0, 0.1) is 0 Å². The van der Waals surface area contributed by atoms with Crippen molar-refractivity contribution in [1.29, 1.82) is 0 Å². The molecule has 0 atom stereocenters. The predicted octanol–water partition coefficient (Wildman–Crippen LogP) is 26.3. The van der Waals surface area contributed by atoms with Crippen molar-refractivity contribution in [3.8, 4) is 44.5 Å². The quantitative estimate of drug-likeness (QED) is 0.171. The first-order chi connectivity index (χ1) is 48.5. The van der Waals surface area contributed by atoms with Gasteiger partial charge in [-0.1, -0.05) is 318 Å². The van der Waals surface area contributed by atoms with Gasteiger partial charge < -0.3 is 10.2 Å². The van der Waals surface area contributed by atoms with Gasteiger partial charge in [0.2, 0.25) is 0 Å². The lowest BCUT2D eigenvalue weighted by Crippen LogP contribution is -2.43. The number of benzene rings is 16. The fourth-order valence-electron chi connectivity index (χ4n) is 18.6. The van der Waals surface area contributed by atoms with Gasteiger partial charge in [-0.05, 0) is 210 Å². The Morgan fingerprint density at radius 3 is 1.17 bits per heavy atom. The second-order valence-electron chi connectivity index (χ2n) is 28.8. The molecule has 2 spiro atoms. The first kappa shape index (κ1) is 59.9. The van der Waals surface area contributed by atoms with Crippen LogP contribution in [0.15, 0.2) is 332 Å². The molecule has 100 heavy (non-hydrogen) atoms. The van der Waals surface area contributed by atoms with Crippen LogP contribution >= 0.6 is 15.9 Å². The zero-order chi connectivity index (χ0) is 66.1. The molecule has 2 nitrogen and oxygen atoms in total. The number of nitrogens with zero attached hydrogens (tertiary/aromatic N) is 1. The molecule has 3 heteroatoms. The van der Waals surface area contributed by atoms with Crippen LogP contribution in [0.25, 0.3) is 87.6 Å². The van der Waals surface area contributed by atoms with Gasteiger partial charge in [0.25, 0.3) is 0 Å². The molecular weight excluding hydrogens is 1270 g/mol. The molecule has 6 aliphatic rings. The van der Waals surface area contributed by atoms with Crippen molar-refractivity contribution in [3.05, 3.63) is 399 Å². The number of nitrogens with one attached hydrogen (secondary N) is 1. The van der Waals surface area contributed by atoms with E-state index in [1.54, 1.807) is 0 Å². The number of hydrogen-bond donors (Lipinski definition) is 1. The molecule has 1 N–H and O–H groups in total. The minimum atomic E-state index is -0.130. The topological polar surface area (TPSA) is 15.3 Å². The van der Waals surface area contributed by atoms with Crippen LogP contribution in [0.3, 0.4) is 0 Å². The van der Waals surface area contributed by atoms with Crippen LogP contribution in [-0.4, -0.2) is 0 Å². The smallest absolute Gasteiger partial charge is 0.0726 e. The van der Waals surface area contributed by atoms with Crippen molar-refractivity contribution < 1.29 is 0 Å². The van der Waals surface area contributed by atoms with Gasteiger partial charge in [0.05, 0.1) is 16.5 Å². The lowest BCUT2D eigenvalue weighted by Gasteiger charge is -2.52. The van der Waals surface area contributed by atoms with E-state index >= 15 is 0 Å². The van der Waals surface area contributed by atoms with E-state index in [-0.39, 0.29) is 29.1 Å². The summed E-state index contributed by atoms with van der Waals surface area (Å²) in [5.41, 5.74) is 33.2. The van der Waals surface area contributed by atoms with Crippen molar-refractivity contribution in [3.63, 3.8) is 0 Å². The minimum Gasteiger partial charge on any atom is -0.356 e. The lowest BCUT2D eigenvalue weighted by molar-refractivity contribution is 0.660. The molecule has 0 amide bonds. The van der Waals surface area contributed by atoms with Crippen molar-refractivity contribution in [2.45, 2.75) is 56.8 Å². The molecule has 0 saturated heterocycles.